The molecular formula is C21H21ClN4O3. The van der Waals surface area contributed by atoms with Gasteiger partial charge in [0.1, 0.15) is 0 Å². The van der Waals surface area contributed by atoms with Crippen molar-refractivity contribution in [3.05, 3.63) is 76.2 Å². The van der Waals surface area contributed by atoms with Crippen LogP contribution in [0.15, 0.2) is 48.5 Å². The first-order valence-electron chi connectivity index (χ1n) is 9.00. The number of aryl methyl sites for hydroxylation is 2. The first-order valence-corrected chi connectivity index (χ1v) is 9.38. The number of hydrogen-bond donors (Lipinski definition) is 0. The van der Waals surface area contributed by atoms with E-state index in [1.165, 1.54) is 4.90 Å². The molecule has 3 aromatic rings. The highest BCUT2D eigenvalue weighted by Crippen LogP contribution is 2.18. The topological polar surface area (TPSA) is 77.3 Å². The van der Waals surface area contributed by atoms with Gasteiger partial charge in [-0.3, -0.25) is 4.79 Å². The molecule has 150 valence electrons. The third kappa shape index (κ3) is 5.00. The number of hydrogen-bond acceptors (Lipinski definition) is 5. The standard InChI is InChI=1S/C21H21ClN4O3/c1-14-11-15(2)26(24-14)18-10-9-17(22)20(23-18)21(28)29-13-19(27)25(3)12-16-7-5-4-6-8-16/h4-11H,12-13H2,1-3H3. The number of carbonyl (C=O) groups is 2. The summed E-state index contributed by atoms with van der Waals surface area (Å²) < 4.78 is 6.76. The molecule has 8 heteroatoms. The van der Waals surface area contributed by atoms with Crippen LogP contribution in [0.25, 0.3) is 5.82 Å². The lowest BCUT2D eigenvalue weighted by Crippen LogP contribution is -2.31. The number of carbonyl (C=O) groups excluding carboxylic acids is 2. The van der Waals surface area contributed by atoms with Crippen LogP contribution in [-0.4, -0.2) is 45.2 Å². The number of benzene rings is 1. The number of halogens is 1. The molecule has 0 aliphatic carbocycles. The van der Waals surface area contributed by atoms with Gasteiger partial charge in [-0.1, -0.05) is 41.9 Å². The average molecular weight is 413 g/mol. The molecule has 0 N–H and O–H groups in total. The summed E-state index contributed by atoms with van der Waals surface area (Å²) in [5, 5.41) is 4.49. The van der Waals surface area contributed by atoms with Crippen molar-refractivity contribution in [2.75, 3.05) is 13.7 Å². The maximum absolute atomic E-state index is 12.5. The Bertz CT molecular complexity index is 1030. The molecule has 0 spiro atoms. The van der Waals surface area contributed by atoms with Crippen molar-refractivity contribution in [3.8, 4) is 5.82 Å². The van der Waals surface area contributed by atoms with Crippen molar-refractivity contribution in [1.82, 2.24) is 19.7 Å². The number of pyridine rings is 1. The van der Waals surface area contributed by atoms with E-state index in [9.17, 15) is 9.59 Å². The molecule has 0 aliphatic heterocycles. The van der Waals surface area contributed by atoms with E-state index in [1.807, 2.05) is 50.2 Å². The van der Waals surface area contributed by atoms with Gasteiger partial charge in [0.2, 0.25) is 0 Å². The SMILES string of the molecule is Cc1cc(C)n(-c2ccc(Cl)c(C(=O)OCC(=O)N(C)Cc3ccccc3)n2)n1. The van der Waals surface area contributed by atoms with Crippen LogP contribution in [0.4, 0.5) is 0 Å². The summed E-state index contributed by atoms with van der Waals surface area (Å²) in [5.74, 6) is -0.646. The van der Waals surface area contributed by atoms with E-state index >= 15 is 0 Å². The fourth-order valence-electron chi connectivity index (χ4n) is 2.81. The molecule has 0 saturated heterocycles. The lowest BCUT2D eigenvalue weighted by atomic mass is 10.2. The molecule has 2 aromatic heterocycles. The Morgan fingerprint density at radius 1 is 1.14 bits per heavy atom. The van der Waals surface area contributed by atoms with Gasteiger partial charge in [-0.2, -0.15) is 5.10 Å². The average Bonchev–Trinajstić information content (AvgIpc) is 3.05. The second kappa shape index (κ2) is 8.87. The minimum absolute atomic E-state index is 0.0600. The van der Waals surface area contributed by atoms with Gasteiger partial charge in [-0.15, -0.1) is 0 Å². The number of likely N-dealkylation sites (N-methyl/N-ethyl adjacent to an activating group) is 1. The number of ether oxygens (including phenoxy) is 1. The van der Waals surface area contributed by atoms with Crippen LogP contribution in [0.2, 0.25) is 5.02 Å². The van der Waals surface area contributed by atoms with Crippen LogP contribution in [0.5, 0.6) is 0 Å². The number of nitrogens with zero attached hydrogens (tertiary/aromatic N) is 4. The van der Waals surface area contributed by atoms with Gasteiger partial charge in [0, 0.05) is 19.3 Å². The maximum atomic E-state index is 12.5. The van der Waals surface area contributed by atoms with E-state index in [2.05, 4.69) is 10.1 Å². The first kappa shape index (κ1) is 20.5. The largest absolute Gasteiger partial charge is 0.451 e. The Labute approximate surface area is 173 Å². The fourth-order valence-corrected chi connectivity index (χ4v) is 2.99. The second-order valence-electron chi connectivity index (χ2n) is 6.65. The highest BCUT2D eigenvalue weighted by atomic mass is 35.5. The molecule has 0 aliphatic rings. The molecule has 0 saturated carbocycles. The summed E-state index contributed by atoms with van der Waals surface area (Å²) in [6.45, 7) is 3.77. The minimum Gasteiger partial charge on any atom is -0.451 e. The summed E-state index contributed by atoms with van der Waals surface area (Å²) in [6, 6.07) is 14.7. The third-order valence-corrected chi connectivity index (χ3v) is 4.57. The molecule has 1 amide bonds. The lowest BCUT2D eigenvalue weighted by molar-refractivity contribution is -0.133. The highest BCUT2D eigenvalue weighted by Gasteiger charge is 2.19. The number of amides is 1. The highest BCUT2D eigenvalue weighted by molar-refractivity contribution is 6.33. The van der Waals surface area contributed by atoms with E-state index in [4.69, 9.17) is 16.3 Å². The number of rotatable bonds is 6. The van der Waals surface area contributed by atoms with Crippen molar-refractivity contribution in [1.29, 1.82) is 0 Å². The van der Waals surface area contributed by atoms with Crippen molar-refractivity contribution in [3.63, 3.8) is 0 Å². The van der Waals surface area contributed by atoms with Crippen molar-refractivity contribution < 1.29 is 14.3 Å². The van der Waals surface area contributed by atoms with E-state index in [0.29, 0.717) is 12.4 Å². The molecular weight excluding hydrogens is 392 g/mol. The summed E-state index contributed by atoms with van der Waals surface area (Å²) in [5.41, 5.74) is 2.62. The van der Waals surface area contributed by atoms with Crippen LogP contribution in [-0.2, 0) is 16.1 Å². The normalized spacial score (nSPS) is 10.6. The Hall–Kier alpha value is -3.19. The molecule has 0 radical (unpaired) electrons. The number of esters is 1. The summed E-state index contributed by atoms with van der Waals surface area (Å²) in [6.07, 6.45) is 0. The van der Waals surface area contributed by atoms with Crippen LogP contribution < -0.4 is 0 Å². The monoisotopic (exact) mass is 412 g/mol. The van der Waals surface area contributed by atoms with Crippen LogP contribution in [0, 0.1) is 13.8 Å². The molecule has 0 bridgehead atoms. The molecule has 0 atom stereocenters. The predicted octanol–water partition coefficient (Wildman–Crippen LogP) is 3.35. The first-order chi connectivity index (χ1) is 13.8. The van der Waals surface area contributed by atoms with E-state index in [0.717, 1.165) is 17.0 Å². The lowest BCUT2D eigenvalue weighted by Gasteiger charge is -2.17. The number of aromatic nitrogens is 3. The molecule has 7 nitrogen and oxygen atoms in total. The second-order valence-corrected chi connectivity index (χ2v) is 7.06. The van der Waals surface area contributed by atoms with Gasteiger partial charge in [0.15, 0.2) is 18.1 Å². The molecule has 0 unspecified atom stereocenters. The van der Waals surface area contributed by atoms with Gasteiger partial charge in [-0.05, 0) is 37.6 Å². The predicted molar refractivity (Wildman–Crippen MR) is 109 cm³/mol. The Morgan fingerprint density at radius 3 is 2.52 bits per heavy atom. The summed E-state index contributed by atoms with van der Waals surface area (Å²) in [4.78, 5) is 30.5. The minimum atomic E-state index is -0.764. The third-order valence-electron chi connectivity index (χ3n) is 4.27. The van der Waals surface area contributed by atoms with E-state index in [1.54, 1.807) is 23.9 Å². The Morgan fingerprint density at radius 2 is 1.86 bits per heavy atom. The zero-order valence-electron chi connectivity index (χ0n) is 16.4. The van der Waals surface area contributed by atoms with Gasteiger partial charge in [0.25, 0.3) is 5.91 Å². The van der Waals surface area contributed by atoms with E-state index in [-0.39, 0.29) is 16.6 Å². The smallest absolute Gasteiger partial charge is 0.359 e. The Kier molecular flexibility index (Phi) is 6.29. The zero-order chi connectivity index (χ0) is 21.0. The molecule has 2 heterocycles. The zero-order valence-corrected chi connectivity index (χ0v) is 17.2. The Balaban J connectivity index is 1.66. The van der Waals surface area contributed by atoms with Crippen LogP contribution in [0.1, 0.15) is 27.4 Å². The molecule has 3 rings (SSSR count). The van der Waals surface area contributed by atoms with Gasteiger partial charge in [-0.25, -0.2) is 14.5 Å². The van der Waals surface area contributed by atoms with Gasteiger partial charge < -0.3 is 9.64 Å². The fraction of sp³-hybridized carbons (Fsp3) is 0.238. The molecule has 0 fully saturated rings. The van der Waals surface area contributed by atoms with Crippen LogP contribution >= 0.6 is 11.6 Å². The van der Waals surface area contributed by atoms with Crippen molar-refractivity contribution in [2.24, 2.45) is 0 Å². The van der Waals surface area contributed by atoms with Crippen molar-refractivity contribution in [2.45, 2.75) is 20.4 Å². The molecule has 29 heavy (non-hydrogen) atoms. The molecule has 1 aromatic carbocycles. The van der Waals surface area contributed by atoms with Crippen LogP contribution in [0.3, 0.4) is 0 Å². The maximum Gasteiger partial charge on any atom is 0.359 e. The van der Waals surface area contributed by atoms with Gasteiger partial charge in [0.05, 0.1) is 10.7 Å². The van der Waals surface area contributed by atoms with Crippen molar-refractivity contribution >= 4 is 23.5 Å². The summed E-state index contributed by atoms with van der Waals surface area (Å²) >= 11 is 6.12. The van der Waals surface area contributed by atoms with E-state index < -0.39 is 12.6 Å². The quantitative estimate of drug-likeness (QED) is 0.580. The summed E-state index contributed by atoms with van der Waals surface area (Å²) in [7, 11) is 1.65. The van der Waals surface area contributed by atoms with Gasteiger partial charge >= 0.3 is 5.97 Å².